The minimum absolute atomic E-state index is 0. The van der Waals surface area contributed by atoms with Crippen molar-refractivity contribution in [3.05, 3.63) is 58.6 Å². The first-order chi connectivity index (χ1) is 10.9. The maximum Gasteiger partial charge on any atom is 0.304 e. The molecule has 0 aliphatic carbocycles. The molecular weight excluding hydrogens is 347 g/mol. The summed E-state index contributed by atoms with van der Waals surface area (Å²) in [6, 6.07) is 14.3. The lowest BCUT2D eigenvalue weighted by atomic mass is 9.88. The van der Waals surface area contributed by atoms with Gasteiger partial charge in [-0.3, -0.25) is 4.79 Å². The van der Waals surface area contributed by atoms with Crippen LogP contribution in [-0.4, -0.2) is 17.1 Å². The molecule has 0 saturated heterocycles. The third-order valence-electron chi connectivity index (χ3n) is 3.75. The molecule has 126 valence electrons. The van der Waals surface area contributed by atoms with Crippen LogP contribution in [0.5, 0.6) is 0 Å². The molecule has 2 aromatic rings. The van der Waals surface area contributed by atoms with Gasteiger partial charge in [0, 0.05) is 22.5 Å². The quantitative estimate of drug-likeness (QED) is 0.831. The Bertz CT molecular complexity index is 770. The van der Waals surface area contributed by atoms with Crippen molar-refractivity contribution in [3.8, 4) is 17.2 Å². The number of carboxylic acid groups (broad SMARTS) is 1. The Labute approximate surface area is 152 Å². The number of nitriles is 1. The first kappa shape index (κ1) is 20.0. The summed E-state index contributed by atoms with van der Waals surface area (Å²) < 4.78 is 0. The van der Waals surface area contributed by atoms with Gasteiger partial charge in [0.25, 0.3) is 0 Å². The van der Waals surface area contributed by atoms with Crippen LogP contribution in [0.3, 0.4) is 0 Å². The third-order valence-corrected chi connectivity index (χ3v) is 4.08. The molecule has 1 unspecified atom stereocenters. The molecule has 0 aliphatic heterocycles. The third kappa shape index (κ3) is 4.72. The van der Waals surface area contributed by atoms with Crippen LogP contribution in [0, 0.1) is 11.3 Å². The Kier molecular flexibility index (Phi) is 7.24. The summed E-state index contributed by atoms with van der Waals surface area (Å²) in [7, 11) is 0. The maximum absolute atomic E-state index is 11.1. The number of benzene rings is 2. The van der Waals surface area contributed by atoms with Gasteiger partial charge in [-0.15, -0.1) is 12.4 Å². The molecule has 0 bridgehead atoms. The van der Waals surface area contributed by atoms with Crippen LogP contribution in [0.4, 0.5) is 0 Å². The molecule has 3 N–H and O–H groups in total. The molecule has 0 heterocycles. The Balaban J connectivity index is 0.00000288. The largest absolute Gasteiger partial charge is 0.481 e. The number of hydrogen-bond acceptors (Lipinski definition) is 3. The summed E-state index contributed by atoms with van der Waals surface area (Å²) in [5, 5.41) is 18.7. The molecule has 2 aromatic carbocycles. The van der Waals surface area contributed by atoms with E-state index in [1.54, 1.807) is 37.3 Å². The Morgan fingerprint density at radius 2 is 2.04 bits per heavy atom. The van der Waals surface area contributed by atoms with Gasteiger partial charge >= 0.3 is 5.97 Å². The van der Waals surface area contributed by atoms with Gasteiger partial charge in [0.1, 0.15) is 0 Å². The van der Waals surface area contributed by atoms with E-state index in [1.807, 2.05) is 12.1 Å². The summed E-state index contributed by atoms with van der Waals surface area (Å²) in [5.41, 5.74) is 8.89. The van der Waals surface area contributed by atoms with Crippen LogP contribution in [-0.2, 0) is 4.79 Å². The van der Waals surface area contributed by atoms with Crippen molar-refractivity contribution in [2.45, 2.75) is 25.3 Å². The second-order valence-corrected chi connectivity index (χ2v) is 5.90. The van der Waals surface area contributed by atoms with E-state index < -0.39 is 5.97 Å². The highest BCUT2D eigenvalue weighted by atomic mass is 35.5. The van der Waals surface area contributed by atoms with E-state index in [0.29, 0.717) is 10.6 Å². The monoisotopic (exact) mass is 364 g/mol. The number of nitrogens with zero attached hydrogens (tertiary/aromatic N) is 1. The highest BCUT2D eigenvalue weighted by Gasteiger charge is 2.21. The highest BCUT2D eigenvalue weighted by Crippen LogP contribution is 2.33. The molecular formula is C18H18Cl2N2O2. The van der Waals surface area contributed by atoms with Gasteiger partial charge < -0.3 is 10.8 Å². The van der Waals surface area contributed by atoms with Gasteiger partial charge in [-0.25, -0.2) is 0 Å². The van der Waals surface area contributed by atoms with E-state index in [1.165, 1.54) is 0 Å². The molecule has 0 spiro atoms. The summed E-state index contributed by atoms with van der Waals surface area (Å²) in [6.07, 6.45) is -0.0447. The fraction of sp³-hybridized carbons (Fsp3) is 0.222. The predicted molar refractivity (Wildman–Crippen MR) is 97.5 cm³/mol. The molecule has 0 amide bonds. The van der Waals surface area contributed by atoms with Crippen molar-refractivity contribution in [1.29, 1.82) is 5.26 Å². The predicted octanol–water partition coefficient (Wildman–Crippen LogP) is 4.21. The summed E-state index contributed by atoms with van der Waals surface area (Å²) in [5.74, 6) is -1.20. The highest BCUT2D eigenvalue weighted by molar-refractivity contribution is 6.33. The molecule has 0 saturated carbocycles. The minimum Gasteiger partial charge on any atom is -0.481 e. The summed E-state index contributed by atoms with van der Waals surface area (Å²) in [6.45, 7) is 1.79. The molecule has 2 rings (SSSR count). The van der Waals surface area contributed by atoms with Crippen LogP contribution in [0.15, 0.2) is 42.5 Å². The number of carbonyl (C=O) groups is 1. The van der Waals surface area contributed by atoms with Crippen molar-refractivity contribution < 1.29 is 9.90 Å². The Hall–Kier alpha value is -2.06. The zero-order valence-corrected chi connectivity index (χ0v) is 14.6. The standard InChI is InChI=1S/C18H17ClN2O2.ClH/c1-11(21)15(9-18(22)23)14-5-6-17(19)16(8-14)13-4-2-3-12(7-13)10-20;/h2-8,11,15H,9,21H2,1H3,(H,22,23);1H/t11?,15-;/m0./s1. The van der Waals surface area contributed by atoms with E-state index in [2.05, 4.69) is 6.07 Å². The van der Waals surface area contributed by atoms with Crippen LogP contribution in [0.2, 0.25) is 5.02 Å². The van der Waals surface area contributed by atoms with Crippen molar-refractivity contribution in [3.63, 3.8) is 0 Å². The second kappa shape index (κ2) is 8.70. The summed E-state index contributed by atoms with van der Waals surface area (Å²) >= 11 is 6.29. The first-order valence-corrected chi connectivity index (χ1v) is 7.57. The number of hydrogen-bond donors (Lipinski definition) is 2. The van der Waals surface area contributed by atoms with Crippen LogP contribution in [0.1, 0.15) is 30.4 Å². The number of nitrogens with two attached hydrogens (primary N) is 1. The number of rotatable bonds is 5. The van der Waals surface area contributed by atoms with Crippen molar-refractivity contribution >= 4 is 30.0 Å². The number of halogens is 2. The van der Waals surface area contributed by atoms with Crippen molar-refractivity contribution in [2.24, 2.45) is 5.73 Å². The molecule has 4 nitrogen and oxygen atoms in total. The Morgan fingerprint density at radius 1 is 1.33 bits per heavy atom. The van der Waals surface area contributed by atoms with Gasteiger partial charge in [-0.1, -0.05) is 29.8 Å². The van der Waals surface area contributed by atoms with Crippen LogP contribution in [0.25, 0.3) is 11.1 Å². The van der Waals surface area contributed by atoms with Crippen molar-refractivity contribution in [2.75, 3.05) is 0 Å². The average Bonchev–Trinajstić information content (AvgIpc) is 2.53. The molecule has 2 atom stereocenters. The number of carboxylic acids is 1. The zero-order valence-electron chi connectivity index (χ0n) is 13.1. The topological polar surface area (TPSA) is 87.1 Å². The van der Waals surface area contributed by atoms with E-state index in [4.69, 9.17) is 27.7 Å². The lowest BCUT2D eigenvalue weighted by molar-refractivity contribution is -0.137. The maximum atomic E-state index is 11.1. The first-order valence-electron chi connectivity index (χ1n) is 7.19. The smallest absolute Gasteiger partial charge is 0.304 e. The van der Waals surface area contributed by atoms with E-state index in [9.17, 15) is 4.79 Å². The molecule has 0 aliphatic rings. The molecule has 6 heteroatoms. The van der Waals surface area contributed by atoms with E-state index in [0.717, 1.165) is 16.7 Å². The average molecular weight is 365 g/mol. The minimum atomic E-state index is -0.893. The molecule has 0 radical (unpaired) electrons. The van der Waals surface area contributed by atoms with Gasteiger partial charge in [0.05, 0.1) is 18.1 Å². The summed E-state index contributed by atoms with van der Waals surface area (Å²) in [4.78, 5) is 11.1. The van der Waals surface area contributed by atoms with Crippen LogP contribution < -0.4 is 5.73 Å². The fourth-order valence-electron chi connectivity index (χ4n) is 2.55. The molecule has 0 fully saturated rings. The fourth-order valence-corrected chi connectivity index (χ4v) is 2.77. The van der Waals surface area contributed by atoms with Gasteiger partial charge in [-0.2, -0.15) is 5.26 Å². The van der Waals surface area contributed by atoms with E-state index >= 15 is 0 Å². The molecule has 0 aromatic heterocycles. The van der Waals surface area contributed by atoms with Gasteiger partial charge in [0.2, 0.25) is 0 Å². The van der Waals surface area contributed by atoms with Crippen molar-refractivity contribution in [1.82, 2.24) is 0 Å². The van der Waals surface area contributed by atoms with Gasteiger partial charge in [-0.05, 0) is 42.3 Å². The SMILES string of the molecule is CC(N)[C@H](CC(=O)O)c1ccc(Cl)c(-c2cccc(C#N)c2)c1.Cl. The number of aliphatic carboxylic acids is 1. The van der Waals surface area contributed by atoms with Gasteiger partial charge in [0.15, 0.2) is 0 Å². The lowest BCUT2D eigenvalue weighted by Crippen LogP contribution is -2.26. The zero-order chi connectivity index (χ0) is 17.0. The van der Waals surface area contributed by atoms with E-state index in [-0.39, 0.29) is 30.8 Å². The normalized spacial score (nSPS) is 12.6. The second-order valence-electron chi connectivity index (χ2n) is 5.50. The van der Waals surface area contributed by atoms with Crippen LogP contribution >= 0.6 is 24.0 Å². The lowest BCUT2D eigenvalue weighted by Gasteiger charge is -2.20. The Morgan fingerprint density at radius 3 is 2.62 bits per heavy atom. The molecule has 24 heavy (non-hydrogen) atoms.